The molecule has 2 aliphatic heterocycles. The van der Waals surface area contributed by atoms with Crippen LogP contribution in [0.25, 0.3) is 0 Å². The van der Waals surface area contributed by atoms with E-state index in [2.05, 4.69) is 4.90 Å². The standard InChI is InChI=1S/C12H15FN2/c13-9-4-3-8-6-12-10(14)2-1-5-15(12)11(8)7-9/h3-4,7,10,12H,1-2,5-6,14H2. The van der Waals surface area contributed by atoms with E-state index < -0.39 is 0 Å². The Hall–Kier alpha value is -1.09. The highest BCUT2D eigenvalue weighted by atomic mass is 19.1. The summed E-state index contributed by atoms with van der Waals surface area (Å²) in [5.74, 6) is -0.145. The SMILES string of the molecule is NC1CCCN2c3cc(F)ccc3CC12. The van der Waals surface area contributed by atoms with Gasteiger partial charge in [0.15, 0.2) is 0 Å². The fourth-order valence-electron chi connectivity index (χ4n) is 2.85. The van der Waals surface area contributed by atoms with E-state index in [0.29, 0.717) is 6.04 Å². The Labute approximate surface area is 88.9 Å². The second-order valence-electron chi connectivity index (χ2n) is 4.54. The van der Waals surface area contributed by atoms with Gasteiger partial charge in [-0.05, 0) is 37.0 Å². The van der Waals surface area contributed by atoms with Crippen LogP contribution in [-0.2, 0) is 6.42 Å². The predicted octanol–water partition coefficient (Wildman–Crippen LogP) is 1.68. The Morgan fingerprint density at radius 3 is 3.13 bits per heavy atom. The molecule has 1 saturated heterocycles. The highest BCUT2D eigenvalue weighted by Crippen LogP contribution is 2.36. The number of fused-ring (bicyclic) bond motifs is 3. The maximum absolute atomic E-state index is 13.2. The zero-order valence-electron chi connectivity index (χ0n) is 8.62. The molecule has 2 nitrogen and oxygen atoms in total. The number of nitrogens with zero attached hydrogens (tertiary/aromatic N) is 1. The maximum Gasteiger partial charge on any atom is 0.125 e. The van der Waals surface area contributed by atoms with Crippen LogP contribution in [0.5, 0.6) is 0 Å². The van der Waals surface area contributed by atoms with Crippen LogP contribution in [0.3, 0.4) is 0 Å². The molecule has 3 rings (SSSR count). The molecular formula is C12H15FN2. The van der Waals surface area contributed by atoms with Crippen LogP contribution in [0.2, 0.25) is 0 Å². The average Bonchev–Trinajstić information content (AvgIpc) is 2.58. The van der Waals surface area contributed by atoms with Crippen molar-refractivity contribution in [3.8, 4) is 0 Å². The van der Waals surface area contributed by atoms with Crippen LogP contribution in [0.4, 0.5) is 10.1 Å². The van der Waals surface area contributed by atoms with Crippen molar-refractivity contribution in [3.63, 3.8) is 0 Å². The first-order chi connectivity index (χ1) is 7.25. The van der Waals surface area contributed by atoms with Gasteiger partial charge in [0.25, 0.3) is 0 Å². The number of halogens is 1. The Kier molecular flexibility index (Phi) is 1.96. The molecule has 0 spiro atoms. The highest BCUT2D eigenvalue weighted by Gasteiger charge is 2.35. The van der Waals surface area contributed by atoms with Crippen molar-refractivity contribution in [2.45, 2.75) is 31.3 Å². The van der Waals surface area contributed by atoms with Gasteiger partial charge in [-0.15, -0.1) is 0 Å². The Morgan fingerprint density at radius 1 is 1.40 bits per heavy atom. The molecule has 2 heterocycles. The minimum Gasteiger partial charge on any atom is -0.366 e. The largest absolute Gasteiger partial charge is 0.366 e. The smallest absolute Gasteiger partial charge is 0.125 e. The van der Waals surface area contributed by atoms with E-state index in [1.807, 2.05) is 6.07 Å². The van der Waals surface area contributed by atoms with Gasteiger partial charge in [0, 0.05) is 24.3 Å². The van der Waals surface area contributed by atoms with Gasteiger partial charge in [0.2, 0.25) is 0 Å². The van der Waals surface area contributed by atoms with Crippen LogP contribution in [0.15, 0.2) is 18.2 Å². The van der Waals surface area contributed by atoms with Crippen molar-refractivity contribution in [1.82, 2.24) is 0 Å². The van der Waals surface area contributed by atoms with E-state index in [1.54, 1.807) is 12.1 Å². The monoisotopic (exact) mass is 206 g/mol. The lowest BCUT2D eigenvalue weighted by molar-refractivity contribution is 0.414. The lowest BCUT2D eigenvalue weighted by Gasteiger charge is -2.36. The minimum atomic E-state index is -0.145. The van der Waals surface area contributed by atoms with Crippen molar-refractivity contribution in [1.29, 1.82) is 0 Å². The van der Waals surface area contributed by atoms with Gasteiger partial charge in [0.1, 0.15) is 5.82 Å². The molecule has 3 heteroatoms. The van der Waals surface area contributed by atoms with Crippen LogP contribution < -0.4 is 10.6 Å². The van der Waals surface area contributed by atoms with Crippen molar-refractivity contribution < 1.29 is 4.39 Å². The topological polar surface area (TPSA) is 29.3 Å². The molecule has 2 N–H and O–H groups in total. The predicted molar refractivity (Wildman–Crippen MR) is 58.4 cm³/mol. The fourth-order valence-corrected chi connectivity index (χ4v) is 2.85. The second kappa shape index (κ2) is 3.20. The summed E-state index contributed by atoms with van der Waals surface area (Å²) in [7, 11) is 0. The van der Waals surface area contributed by atoms with Gasteiger partial charge in [0.05, 0.1) is 0 Å². The molecule has 1 fully saturated rings. The number of anilines is 1. The first-order valence-electron chi connectivity index (χ1n) is 5.56. The van der Waals surface area contributed by atoms with E-state index in [9.17, 15) is 4.39 Å². The van der Waals surface area contributed by atoms with E-state index in [4.69, 9.17) is 5.73 Å². The lowest BCUT2D eigenvalue weighted by atomic mass is 9.96. The third-order valence-electron chi connectivity index (χ3n) is 3.62. The molecule has 0 radical (unpaired) electrons. The summed E-state index contributed by atoms with van der Waals surface area (Å²) in [5.41, 5.74) is 8.42. The lowest BCUT2D eigenvalue weighted by Crippen LogP contribution is -2.50. The molecule has 0 aliphatic carbocycles. The van der Waals surface area contributed by atoms with Crippen molar-refractivity contribution in [3.05, 3.63) is 29.6 Å². The van der Waals surface area contributed by atoms with Gasteiger partial charge in [-0.1, -0.05) is 6.07 Å². The van der Waals surface area contributed by atoms with Gasteiger partial charge in [-0.25, -0.2) is 4.39 Å². The first-order valence-corrected chi connectivity index (χ1v) is 5.56. The number of hydrogen-bond donors (Lipinski definition) is 1. The summed E-state index contributed by atoms with van der Waals surface area (Å²) in [6, 6.07) is 5.73. The number of benzene rings is 1. The molecule has 1 aromatic carbocycles. The van der Waals surface area contributed by atoms with Gasteiger partial charge in [-0.3, -0.25) is 0 Å². The normalized spacial score (nSPS) is 28.8. The molecule has 0 amide bonds. The molecule has 15 heavy (non-hydrogen) atoms. The fraction of sp³-hybridized carbons (Fsp3) is 0.500. The van der Waals surface area contributed by atoms with Crippen LogP contribution in [0.1, 0.15) is 18.4 Å². The molecule has 0 saturated carbocycles. The maximum atomic E-state index is 13.2. The van der Waals surface area contributed by atoms with Gasteiger partial charge in [-0.2, -0.15) is 0 Å². The van der Waals surface area contributed by atoms with E-state index in [-0.39, 0.29) is 11.9 Å². The van der Waals surface area contributed by atoms with Crippen LogP contribution in [-0.4, -0.2) is 18.6 Å². The molecule has 2 atom stereocenters. The van der Waals surface area contributed by atoms with E-state index in [0.717, 1.165) is 31.5 Å². The van der Waals surface area contributed by atoms with Crippen molar-refractivity contribution in [2.75, 3.05) is 11.4 Å². The zero-order valence-corrected chi connectivity index (χ0v) is 8.62. The van der Waals surface area contributed by atoms with Crippen LogP contribution in [0, 0.1) is 5.82 Å². The molecule has 2 aliphatic rings. The molecule has 1 aromatic rings. The van der Waals surface area contributed by atoms with Crippen molar-refractivity contribution in [2.24, 2.45) is 5.73 Å². The average molecular weight is 206 g/mol. The highest BCUT2D eigenvalue weighted by molar-refractivity contribution is 5.60. The zero-order chi connectivity index (χ0) is 10.4. The van der Waals surface area contributed by atoms with Crippen LogP contribution >= 0.6 is 0 Å². The molecule has 0 bridgehead atoms. The van der Waals surface area contributed by atoms with E-state index in [1.165, 1.54) is 5.56 Å². The third kappa shape index (κ3) is 1.34. The number of hydrogen-bond acceptors (Lipinski definition) is 2. The van der Waals surface area contributed by atoms with E-state index >= 15 is 0 Å². The summed E-state index contributed by atoms with van der Waals surface area (Å²) in [6.07, 6.45) is 3.20. The molecular weight excluding hydrogens is 191 g/mol. The Morgan fingerprint density at radius 2 is 2.27 bits per heavy atom. The summed E-state index contributed by atoms with van der Waals surface area (Å²) in [6.45, 7) is 1.02. The van der Waals surface area contributed by atoms with Gasteiger partial charge >= 0.3 is 0 Å². The number of nitrogens with two attached hydrogens (primary N) is 1. The Balaban J connectivity index is 2.01. The summed E-state index contributed by atoms with van der Waals surface area (Å²) in [4.78, 5) is 2.28. The molecule has 2 unspecified atom stereocenters. The minimum absolute atomic E-state index is 0.145. The summed E-state index contributed by atoms with van der Waals surface area (Å²) >= 11 is 0. The number of piperidine rings is 1. The summed E-state index contributed by atoms with van der Waals surface area (Å²) < 4.78 is 13.2. The quantitative estimate of drug-likeness (QED) is 0.699. The molecule has 0 aromatic heterocycles. The van der Waals surface area contributed by atoms with Crippen molar-refractivity contribution >= 4 is 5.69 Å². The second-order valence-corrected chi connectivity index (χ2v) is 4.54. The third-order valence-corrected chi connectivity index (χ3v) is 3.62. The van der Waals surface area contributed by atoms with Gasteiger partial charge < -0.3 is 10.6 Å². The summed E-state index contributed by atoms with van der Waals surface area (Å²) in [5, 5.41) is 0. The molecule has 80 valence electrons. The first kappa shape index (κ1) is 9.16. The number of rotatable bonds is 0. The Bertz CT molecular complexity index is 391.